The van der Waals surface area contributed by atoms with Gasteiger partial charge in [0, 0.05) is 18.4 Å². The standard InChI is InChI=1S/C15H19NO4/c1-20-13-6-2-10(3-7-13)11(9-15(18)19)8-14(17)16-12-4-5-12/h2-3,6-7,11-12H,4-5,8-9H2,1H3,(H,16,17)(H,18,19)/t11-/m1/s1. The van der Waals surface area contributed by atoms with Gasteiger partial charge in [0.1, 0.15) is 5.75 Å². The molecule has 20 heavy (non-hydrogen) atoms. The van der Waals surface area contributed by atoms with Crippen molar-refractivity contribution in [2.24, 2.45) is 0 Å². The van der Waals surface area contributed by atoms with Crippen molar-refractivity contribution in [3.8, 4) is 5.75 Å². The second-order valence-corrected chi connectivity index (χ2v) is 5.11. The highest BCUT2D eigenvalue weighted by Crippen LogP contribution is 2.26. The molecule has 0 unspecified atom stereocenters. The number of nitrogens with one attached hydrogen (secondary N) is 1. The summed E-state index contributed by atoms with van der Waals surface area (Å²) in [5.74, 6) is -0.568. The van der Waals surface area contributed by atoms with Crippen LogP contribution in [0.15, 0.2) is 24.3 Å². The molecular formula is C15H19NO4. The molecule has 5 nitrogen and oxygen atoms in total. The maximum absolute atomic E-state index is 11.9. The van der Waals surface area contributed by atoms with Crippen LogP contribution >= 0.6 is 0 Å². The third-order valence-corrected chi connectivity index (χ3v) is 3.38. The van der Waals surface area contributed by atoms with Crippen molar-refractivity contribution in [1.82, 2.24) is 5.32 Å². The second-order valence-electron chi connectivity index (χ2n) is 5.11. The van der Waals surface area contributed by atoms with Gasteiger partial charge in [-0.1, -0.05) is 12.1 Å². The van der Waals surface area contributed by atoms with Crippen molar-refractivity contribution in [3.05, 3.63) is 29.8 Å². The summed E-state index contributed by atoms with van der Waals surface area (Å²) in [5, 5.41) is 11.9. The van der Waals surface area contributed by atoms with E-state index in [2.05, 4.69) is 5.32 Å². The first-order valence-corrected chi connectivity index (χ1v) is 6.73. The quantitative estimate of drug-likeness (QED) is 0.798. The van der Waals surface area contributed by atoms with Crippen LogP contribution in [0.1, 0.15) is 37.2 Å². The number of ether oxygens (including phenoxy) is 1. The molecule has 108 valence electrons. The van der Waals surface area contributed by atoms with Crippen LogP contribution < -0.4 is 10.1 Å². The van der Waals surface area contributed by atoms with Gasteiger partial charge in [-0.05, 0) is 30.5 Å². The average molecular weight is 277 g/mol. The summed E-state index contributed by atoms with van der Waals surface area (Å²) in [6.07, 6.45) is 2.20. The Labute approximate surface area is 117 Å². The van der Waals surface area contributed by atoms with E-state index in [0.717, 1.165) is 18.4 Å². The average Bonchev–Trinajstić information content (AvgIpc) is 3.21. The molecule has 1 aliphatic rings. The minimum absolute atomic E-state index is 0.0512. The lowest BCUT2D eigenvalue weighted by Crippen LogP contribution is -2.27. The molecule has 1 aromatic rings. The number of carboxylic acid groups (broad SMARTS) is 1. The van der Waals surface area contributed by atoms with Crippen molar-refractivity contribution >= 4 is 11.9 Å². The summed E-state index contributed by atoms with van der Waals surface area (Å²) in [5.41, 5.74) is 0.846. The third kappa shape index (κ3) is 4.26. The molecule has 1 aliphatic carbocycles. The fourth-order valence-corrected chi connectivity index (χ4v) is 2.13. The van der Waals surface area contributed by atoms with E-state index in [0.29, 0.717) is 11.8 Å². The van der Waals surface area contributed by atoms with Crippen molar-refractivity contribution in [3.63, 3.8) is 0 Å². The minimum atomic E-state index is -0.898. The summed E-state index contributed by atoms with van der Waals surface area (Å²) in [6, 6.07) is 7.49. The van der Waals surface area contributed by atoms with Crippen molar-refractivity contribution in [1.29, 1.82) is 0 Å². The minimum Gasteiger partial charge on any atom is -0.497 e. The van der Waals surface area contributed by atoms with E-state index in [1.807, 2.05) is 12.1 Å². The molecule has 0 radical (unpaired) electrons. The largest absolute Gasteiger partial charge is 0.497 e. The molecule has 2 rings (SSSR count). The Bertz CT molecular complexity index is 479. The van der Waals surface area contributed by atoms with E-state index in [4.69, 9.17) is 9.84 Å². The number of aliphatic carboxylic acids is 1. The number of rotatable bonds is 7. The number of carbonyl (C=O) groups is 2. The lowest BCUT2D eigenvalue weighted by molar-refractivity contribution is -0.137. The first-order valence-electron chi connectivity index (χ1n) is 6.73. The van der Waals surface area contributed by atoms with Gasteiger partial charge in [0.2, 0.25) is 5.91 Å². The highest BCUT2D eigenvalue weighted by molar-refractivity contribution is 5.79. The Morgan fingerprint density at radius 2 is 1.95 bits per heavy atom. The fourth-order valence-electron chi connectivity index (χ4n) is 2.13. The van der Waals surface area contributed by atoms with E-state index in [1.54, 1.807) is 19.2 Å². The number of carboxylic acids is 1. The van der Waals surface area contributed by atoms with Crippen molar-refractivity contribution < 1.29 is 19.4 Å². The van der Waals surface area contributed by atoms with Gasteiger partial charge in [0.25, 0.3) is 0 Å². The maximum Gasteiger partial charge on any atom is 0.303 e. The second kappa shape index (κ2) is 6.41. The SMILES string of the molecule is COc1ccc([C@@H](CC(=O)O)CC(=O)NC2CC2)cc1. The molecular weight excluding hydrogens is 258 g/mol. The van der Waals surface area contributed by atoms with Gasteiger partial charge in [-0.25, -0.2) is 0 Å². The lowest BCUT2D eigenvalue weighted by atomic mass is 9.92. The molecule has 0 aromatic heterocycles. The molecule has 0 saturated heterocycles. The number of methoxy groups -OCH3 is 1. The smallest absolute Gasteiger partial charge is 0.303 e. The van der Waals surface area contributed by atoms with Gasteiger partial charge in [-0.15, -0.1) is 0 Å². The van der Waals surface area contributed by atoms with E-state index in [9.17, 15) is 9.59 Å². The molecule has 2 N–H and O–H groups in total. The van der Waals surface area contributed by atoms with Gasteiger partial charge in [0.05, 0.1) is 13.5 Å². The molecule has 1 aromatic carbocycles. The zero-order chi connectivity index (χ0) is 14.5. The predicted octanol–water partition coefficient (Wildman–Crippen LogP) is 1.92. The highest BCUT2D eigenvalue weighted by atomic mass is 16.5. The first kappa shape index (κ1) is 14.4. The van der Waals surface area contributed by atoms with E-state index >= 15 is 0 Å². The van der Waals surface area contributed by atoms with E-state index in [1.165, 1.54) is 0 Å². The van der Waals surface area contributed by atoms with Crippen LogP contribution in [0.5, 0.6) is 5.75 Å². The summed E-state index contributed by atoms with van der Waals surface area (Å²) in [4.78, 5) is 22.8. The van der Waals surface area contributed by atoms with Gasteiger partial charge < -0.3 is 15.2 Å². The predicted molar refractivity (Wildman–Crippen MR) is 73.8 cm³/mol. The van der Waals surface area contributed by atoms with Crippen LogP contribution in [-0.2, 0) is 9.59 Å². The topological polar surface area (TPSA) is 75.6 Å². The molecule has 1 atom stereocenters. The molecule has 0 bridgehead atoms. The van der Waals surface area contributed by atoms with Crippen LogP contribution in [0.4, 0.5) is 0 Å². The molecule has 5 heteroatoms. The zero-order valence-corrected chi connectivity index (χ0v) is 11.5. The van der Waals surface area contributed by atoms with Crippen LogP contribution in [0.3, 0.4) is 0 Å². The monoisotopic (exact) mass is 277 g/mol. The number of hydrogen-bond acceptors (Lipinski definition) is 3. The van der Waals surface area contributed by atoms with Crippen molar-refractivity contribution in [2.45, 2.75) is 37.6 Å². The Hall–Kier alpha value is -2.04. The summed E-state index contributed by atoms with van der Waals surface area (Å²) >= 11 is 0. The van der Waals surface area contributed by atoms with Crippen molar-refractivity contribution in [2.75, 3.05) is 7.11 Å². The number of carbonyl (C=O) groups excluding carboxylic acids is 1. The van der Waals surface area contributed by atoms with Gasteiger partial charge in [0.15, 0.2) is 0 Å². The summed E-state index contributed by atoms with van der Waals surface area (Å²) in [7, 11) is 1.58. The van der Waals surface area contributed by atoms with Crippen LogP contribution in [0.25, 0.3) is 0 Å². The van der Waals surface area contributed by atoms with Gasteiger partial charge in [-0.2, -0.15) is 0 Å². The lowest BCUT2D eigenvalue weighted by Gasteiger charge is -2.15. The maximum atomic E-state index is 11.9. The van der Waals surface area contributed by atoms with E-state index in [-0.39, 0.29) is 24.7 Å². The zero-order valence-electron chi connectivity index (χ0n) is 11.5. The third-order valence-electron chi connectivity index (χ3n) is 3.38. The normalized spacial score (nSPS) is 15.4. The Balaban J connectivity index is 2.04. The van der Waals surface area contributed by atoms with Gasteiger partial charge >= 0.3 is 5.97 Å². The Morgan fingerprint density at radius 1 is 1.30 bits per heavy atom. The van der Waals surface area contributed by atoms with Crippen LogP contribution in [0, 0.1) is 0 Å². The van der Waals surface area contributed by atoms with Crippen LogP contribution in [0.2, 0.25) is 0 Å². The molecule has 1 fully saturated rings. The van der Waals surface area contributed by atoms with Crippen LogP contribution in [-0.4, -0.2) is 30.1 Å². The molecule has 1 amide bonds. The fraction of sp³-hybridized carbons (Fsp3) is 0.467. The summed E-state index contributed by atoms with van der Waals surface area (Å²) < 4.78 is 5.08. The number of hydrogen-bond donors (Lipinski definition) is 2. The number of amides is 1. The molecule has 0 heterocycles. The number of benzene rings is 1. The molecule has 0 spiro atoms. The Kier molecular flexibility index (Phi) is 4.61. The first-order chi connectivity index (χ1) is 9.58. The summed E-state index contributed by atoms with van der Waals surface area (Å²) in [6.45, 7) is 0. The highest BCUT2D eigenvalue weighted by Gasteiger charge is 2.26. The van der Waals surface area contributed by atoms with E-state index < -0.39 is 5.97 Å². The van der Waals surface area contributed by atoms with Gasteiger partial charge in [-0.3, -0.25) is 9.59 Å². The molecule has 1 saturated carbocycles. The molecule has 0 aliphatic heterocycles. The Morgan fingerprint density at radius 3 is 2.45 bits per heavy atom.